The Morgan fingerprint density at radius 3 is 1.26 bits per heavy atom. The molecule has 1 saturated carbocycles. The first-order valence-electron chi connectivity index (χ1n) is 7.39. The lowest BCUT2D eigenvalue weighted by Gasteiger charge is -2.05. The molecule has 0 aromatic rings. The van der Waals surface area contributed by atoms with Crippen molar-refractivity contribution in [2.75, 3.05) is 39.6 Å². The van der Waals surface area contributed by atoms with Gasteiger partial charge < -0.3 is 24.4 Å². The average molecular weight is 276 g/mol. The summed E-state index contributed by atoms with van der Waals surface area (Å²) in [4.78, 5) is 0. The van der Waals surface area contributed by atoms with E-state index in [4.69, 9.17) is 24.4 Å². The molecule has 0 bridgehead atoms. The summed E-state index contributed by atoms with van der Waals surface area (Å²) in [5.41, 5.74) is 0. The molecule has 0 radical (unpaired) electrons. The molecule has 19 heavy (non-hydrogen) atoms. The fraction of sp³-hybridized carbons (Fsp3) is 1.00. The molecule has 2 aliphatic heterocycles. The van der Waals surface area contributed by atoms with E-state index >= 15 is 0 Å². The normalized spacial score (nSPS) is 27.5. The molecule has 2 heterocycles. The minimum Gasteiger partial charge on any atom is -0.394 e. The van der Waals surface area contributed by atoms with Crippen LogP contribution in [0.1, 0.15) is 38.5 Å². The molecule has 1 aliphatic carbocycles. The number of ether oxygens (including phenoxy) is 3. The van der Waals surface area contributed by atoms with Gasteiger partial charge in [0, 0.05) is 0 Å². The van der Waals surface area contributed by atoms with Crippen molar-refractivity contribution < 1.29 is 24.4 Å². The second-order valence-electron chi connectivity index (χ2n) is 5.02. The minimum absolute atomic E-state index is 0.125. The van der Waals surface area contributed by atoms with Crippen LogP contribution in [0.3, 0.4) is 0 Å². The van der Waals surface area contributed by atoms with Crippen molar-refractivity contribution in [1.29, 1.82) is 0 Å². The van der Waals surface area contributed by atoms with Gasteiger partial charge in [0.15, 0.2) is 0 Å². The zero-order valence-corrected chi connectivity index (χ0v) is 11.8. The Labute approximate surface area is 115 Å². The molecule has 2 N–H and O–H groups in total. The molecule has 5 heteroatoms. The van der Waals surface area contributed by atoms with Crippen LogP contribution in [0.2, 0.25) is 0 Å². The molecule has 2 atom stereocenters. The van der Waals surface area contributed by atoms with Crippen molar-refractivity contribution in [2.45, 2.75) is 50.7 Å². The van der Waals surface area contributed by atoms with Crippen molar-refractivity contribution in [3.8, 4) is 0 Å². The molecule has 2 saturated heterocycles. The molecule has 2 unspecified atom stereocenters. The molecule has 5 nitrogen and oxygen atoms in total. The molecule has 0 aromatic heterocycles. The van der Waals surface area contributed by atoms with E-state index in [0.717, 1.165) is 26.4 Å². The maximum absolute atomic E-state index is 7.62. The van der Waals surface area contributed by atoms with Gasteiger partial charge in [-0.1, -0.05) is 38.5 Å². The molecule has 3 rings (SSSR count). The van der Waals surface area contributed by atoms with Crippen molar-refractivity contribution in [2.24, 2.45) is 0 Å². The number of hydrogen-bond donors (Lipinski definition) is 2. The molecule has 3 aliphatic rings. The van der Waals surface area contributed by atoms with Crippen molar-refractivity contribution in [3.63, 3.8) is 0 Å². The maximum atomic E-state index is 7.62. The van der Waals surface area contributed by atoms with Gasteiger partial charge in [0.2, 0.25) is 0 Å². The summed E-state index contributed by atoms with van der Waals surface area (Å²) in [6, 6.07) is 0. The van der Waals surface area contributed by atoms with E-state index in [-0.39, 0.29) is 13.2 Å². The van der Waals surface area contributed by atoms with Gasteiger partial charge in [0.1, 0.15) is 12.2 Å². The van der Waals surface area contributed by atoms with Gasteiger partial charge in [-0.2, -0.15) is 0 Å². The van der Waals surface area contributed by atoms with Crippen LogP contribution in [0.25, 0.3) is 0 Å². The predicted molar refractivity (Wildman–Crippen MR) is 72.2 cm³/mol. The first-order valence-corrected chi connectivity index (χ1v) is 7.39. The van der Waals surface area contributed by atoms with Gasteiger partial charge in [-0.3, -0.25) is 0 Å². The fourth-order valence-corrected chi connectivity index (χ4v) is 1.72. The topological polar surface area (TPSA) is 74.8 Å². The van der Waals surface area contributed by atoms with E-state index in [2.05, 4.69) is 0 Å². The molecule has 0 amide bonds. The fourth-order valence-electron chi connectivity index (χ4n) is 1.72. The second-order valence-corrected chi connectivity index (χ2v) is 5.02. The van der Waals surface area contributed by atoms with Gasteiger partial charge in [-0.25, -0.2) is 0 Å². The summed E-state index contributed by atoms with van der Waals surface area (Å²) >= 11 is 0. The van der Waals surface area contributed by atoms with Crippen LogP contribution in [0.15, 0.2) is 0 Å². The molecule has 0 aromatic carbocycles. The largest absolute Gasteiger partial charge is 0.394 e. The number of hydrogen-bond acceptors (Lipinski definition) is 5. The van der Waals surface area contributed by atoms with Crippen LogP contribution >= 0.6 is 0 Å². The van der Waals surface area contributed by atoms with Gasteiger partial charge in [0.05, 0.1) is 39.6 Å². The van der Waals surface area contributed by atoms with Crippen molar-refractivity contribution in [3.05, 3.63) is 0 Å². The summed E-state index contributed by atoms with van der Waals surface area (Å²) < 4.78 is 15.1. The Morgan fingerprint density at radius 2 is 1.05 bits per heavy atom. The summed E-state index contributed by atoms with van der Waals surface area (Å²) in [6.45, 7) is 3.01. The number of rotatable bonds is 5. The highest BCUT2D eigenvalue weighted by molar-refractivity contribution is 4.71. The van der Waals surface area contributed by atoms with E-state index < -0.39 is 0 Å². The smallest absolute Gasteiger partial charge is 0.104 e. The lowest BCUT2D eigenvalue weighted by atomic mass is 10.0. The minimum atomic E-state index is -0.125. The monoisotopic (exact) mass is 276 g/mol. The zero-order chi connectivity index (χ0) is 13.8. The summed E-state index contributed by atoms with van der Waals surface area (Å²) in [7, 11) is 0. The Hall–Kier alpha value is -0.200. The van der Waals surface area contributed by atoms with E-state index in [1.165, 1.54) is 38.5 Å². The third-order valence-electron chi connectivity index (χ3n) is 3.01. The quantitative estimate of drug-likeness (QED) is 0.736. The van der Waals surface area contributed by atoms with Crippen molar-refractivity contribution in [1.82, 2.24) is 0 Å². The Balaban J connectivity index is 0.000000158. The third-order valence-corrected chi connectivity index (χ3v) is 3.01. The predicted octanol–water partition coefficient (Wildman–Crippen LogP) is 1.11. The highest BCUT2D eigenvalue weighted by atomic mass is 16.6. The highest BCUT2D eigenvalue weighted by Crippen LogP contribution is 2.15. The van der Waals surface area contributed by atoms with Crippen LogP contribution in [0.4, 0.5) is 0 Å². The first-order chi connectivity index (χ1) is 9.36. The second kappa shape index (κ2) is 11.6. The van der Waals surface area contributed by atoms with Gasteiger partial charge in [0.25, 0.3) is 0 Å². The number of epoxide rings is 2. The maximum Gasteiger partial charge on any atom is 0.104 e. The molecular formula is C14H28O5. The van der Waals surface area contributed by atoms with E-state index in [1.54, 1.807) is 0 Å². The van der Waals surface area contributed by atoms with Crippen LogP contribution in [0, 0.1) is 0 Å². The lowest BCUT2D eigenvalue weighted by molar-refractivity contribution is 0.102. The Kier molecular flexibility index (Phi) is 10.3. The molecule has 114 valence electrons. The molecule has 3 fully saturated rings. The summed E-state index contributed by atoms with van der Waals surface area (Å²) in [5, 5.41) is 15.2. The van der Waals surface area contributed by atoms with Crippen LogP contribution in [-0.2, 0) is 14.2 Å². The van der Waals surface area contributed by atoms with Crippen molar-refractivity contribution >= 4 is 0 Å². The number of aliphatic hydroxyl groups is 2. The lowest BCUT2D eigenvalue weighted by Crippen LogP contribution is -2.06. The molecule has 0 spiro atoms. The van der Waals surface area contributed by atoms with Crippen LogP contribution < -0.4 is 0 Å². The Morgan fingerprint density at radius 1 is 0.737 bits per heavy atom. The van der Waals surface area contributed by atoms with E-state index in [0.29, 0.717) is 12.2 Å². The average Bonchev–Trinajstić information content (AvgIpc) is 3.37. The summed E-state index contributed by atoms with van der Waals surface area (Å²) in [5.74, 6) is 0. The van der Waals surface area contributed by atoms with Gasteiger partial charge in [-0.15, -0.1) is 0 Å². The third kappa shape index (κ3) is 12.6. The van der Waals surface area contributed by atoms with E-state index in [1.807, 2.05) is 0 Å². The first kappa shape index (κ1) is 16.9. The zero-order valence-electron chi connectivity index (χ0n) is 11.8. The van der Waals surface area contributed by atoms with Crippen LogP contribution in [-0.4, -0.2) is 62.1 Å². The standard InChI is InChI=1S/C6H10O3.C6H12.C2H6O2/c1(5-3-8-5)7-2-6-4-9-6;1-2-4-6-5-3-1;3-1-2-4/h5-6H,1-4H2;1-6H2;3-4H,1-2H2. The molecular weight excluding hydrogens is 248 g/mol. The highest BCUT2D eigenvalue weighted by Gasteiger charge is 2.26. The van der Waals surface area contributed by atoms with Crippen LogP contribution in [0.5, 0.6) is 0 Å². The summed E-state index contributed by atoms with van der Waals surface area (Å²) in [6.07, 6.45) is 9.78. The Bertz CT molecular complexity index is 163. The van der Waals surface area contributed by atoms with Gasteiger partial charge in [-0.05, 0) is 0 Å². The van der Waals surface area contributed by atoms with E-state index in [9.17, 15) is 0 Å². The van der Waals surface area contributed by atoms with Gasteiger partial charge >= 0.3 is 0 Å². The SMILES string of the molecule is C(OCC1CO1)C1CO1.C1CCCCC1.OCCO. The number of aliphatic hydroxyl groups excluding tert-OH is 2.